The third-order valence-corrected chi connectivity index (χ3v) is 5.42. The Morgan fingerprint density at radius 2 is 2.05 bits per heavy atom. The first-order valence-electron chi connectivity index (χ1n) is 6.53. The van der Waals surface area contributed by atoms with Gasteiger partial charge in [0, 0.05) is 5.82 Å². The highest BCUT2D eigenvalue weighted by atomic mass is 32.1. The summed E-state index contributed by atoms with van der Waals surface area (Å²) in [5.41, 5.74) is 1.04. The van der Waals surface area contributed by atoms with Gasteiger partial charge in [0.05, 0.1) is 23.8 Å². The fourth-order valence-electron chi connectivity index (χ4n) is 1.84. The molecule has 0 aromatic carbocycles. The van der Waals surface area contributed by atoms with Gasteiger partial charge in [0.1, 0.15) is 6.33 Å². The van der Waals surface area contributed by atoms with E-state index in [1.54, 1.807) is 24.4 Å². The highest BCUT2D eigenvalue weighted by molar-refractivity contribution is 7.57. The minimum atomic E-state index is -3.16. The largest absolute Gasteiger partial charge is 0.354 e. The molecule has 110 valence electrons. The number of thiazole rings is 1. The third-order valence-electron chi connectivity index (χ3n) is 2.62. The summed E-state index contributed by atoms with van der Waals surface area (Å²) in [7, 11) is -3.16. The lowest BCUT2D eigenvalue weighted by molar-refractivity contribution is 0.229. The Labute approximate surface area is 122 Å². The zero-order valence-corrected chi connectivity index (χ0v) is 13.5. The Morgan fingerprint density at radius 1 is 1.35 bits per heavy atom. The Balaban J connectivity index is 2.32. The van der Waals surface area contributed by atoms with E-state index >= 15 is 0 Å². The maximum atomic E-state index is 12.4. The highest BCUT2D eigenvalue weighted by Gasteiger charge is 2.20. The number of aromatic nitrogens is 3. The molecule has 8 heteroatoms. The number of nitrogens with zero attached hydrogens (tertiary/aromatic N) is 3. The summed E-state index contributed by atoms with van der Waals surface area (Å²) >= 11 is 1.50. The SMILES string of the molecule is CCOP(=O)(/C=C/c1sc2ncnn2c1CC)OCC. The van der Waals surface area contributed by atoms with Gasteiger partial charge >= 0.3 is 7.60 Å². The van der Waals surface area contributed by atoms with Gasteiger partial charge in [-0.3, -0.25) is 4.57 Å². The molecule has 0 unspecified atom stereocenters. The van der Waals surface area contributed by atoms with E-state index in [2.05, 4.69) is 10.1 Å². The number of rotatable bonds is 7. The molecule has 0 bridgehead atoms. The van der Waals surface area contributed by atoms with Gasteiger partial charge in [-0.25, -0.2) is 9.50 Å². The van der Waals surface area contributed by atoms with Crippen molar-refractivity contribution in [3.05, 3.63) is 22.7 Å². The fourth-order valence-corrected chi connectivity index (χ4v) is 4.27. The Hall–Kier alpha value is -1.01. The van der Waals surface area contributed by atoms with Crippen LogP contribution in [0.4, 0.5) is 0 Å². The monoisotopic (exact) mass is 315 g/mol. The number of hydrogen-bond acceptors (Lipinski definition) is 6. The molecule has 0 aliphatic carbocycles. The van der Waals surface area contributed by atoms with Crippen molar-refractivity contribution in [1.29, 1.82) is 0 Å². The van der Waals surface area contributed by atoms with E-state index in [0.717, 1.165) is 22.0 Å². The van der Waals surface area contributed by atoms with Crippen LogP contribution in [-0.2, 0) is 20.0 Å². The standard InChI is InChI=1S/C12H18N3O3PS/c1-4-10-11(20-12-13-9-14-15(10)12)7-8-19(16,17-5-2)18-6-3/h7-9H,4-6H2,1-3H3/b8-7+. The van der Waals surface area contributed by atoms with Crippen molar-refractivity contribution in [3.8, 4) is 0 Å². The van der Waals surface area contributed by atoms with Crippen molar-refractivity contribution in [3.63, 3.8) is 0 Å². The first-order chi connectivity index (χ1) is 9.63. The molecule has 2 rings (SSSR count). The van der Waals surface area contributed by atoms with Crippen LogP contribution in [0, 0.1) is 0 Å². The average molecular weight is 315 g/mol. The molecule has 0 saturated heterocycles. The first kappa shape index (κ1) is 15.4. The summed E-state index contributed by atoms with van der Waals surface area (Å²) in [6.45, 7) is 6.32. The molecule has 0 radical (unpaired) electrons. The molecule has 6 nitrogen and oxygen atoms in total. The van der Waals surface area contributed by atoms with Crippen molar-refractivity contribution < 1.29 is 13.6 Å². The minimum absolute atomic E-state index is 0.345. The zero-order valence-electron chi connectivity index (χ0n) is 11.8. The van der Waals surface area contributed by atoms with Crippen LogP contribution in [-0.4, -0.2) is 27.8 Å². The Kier molecular flexibility index (Phi) is 5.10. The second-order valence-corrected chi connectivity index (χ2v) is 6.82. The Bertz CT molecular complexity index is 639. The smallest absolute Gasteiger partial charge is 0.306 e. The molecule has 0 spiro atoms. The molecule has 2 heterocycles. The van der Waals surface area contributed by atoms with Crippen LogP contribution >= 0.6 is 18.9 Å². The lowest BCUT2D eigenvalue weighted by Crippen LogP contribution is -1.94. The van der Waals surface area contributed by atoms with E-state index < -0.39 is 7.60 Å². The average Bonchev–Trinajstić information content (AvgIpc) is 2.96. The quantitative estimate of drug-likeness (QED) is 0.731. The van der Waals surface area contributed by atoms with Crippen molar-refractivity contribution in [2.45, 2.75) is 27.2 Å². The van der Waals surface area contributed by atoms with Gasteiger partial charge < -0.3 is 9.05 Å². The summed E-state index contributed by atoms with van der Waals surface area (Å²) in [4.78, 5) is 5.97. The molecule has 0 amide bonds. The van der Waals surface area contributed by atoms with Gasteiger partial charge in [-0.15, -0.1) is 0 Å². The predicted octanol–water partition coefficient (Wildman–Crippen LogP) is 3.59. The van der Waals surface area contributed by atoms with E-state index in [-0.39, 0.29) is 0 Å². The van der Waals surface area contributed by atoms with E-state index in [0.29, 0.717) is 13.2 Å². The first-order valence-corrected chi connectivity index (χ1v) is 8.95. The molecule has 0 aliphatic rings. The lowest BCUT2D eigenvalue weighted by Gasteiger charge is -2.12. The topological polar surface area (TPSA) is 65.7 Å². The van der Waals surface area contributed by atoms with Crippen molar-refractivity contribution in [1.82, 2.24) is 14.6 Å². The van der Waals surface area contributed by atoms with Gasteiger partial charge in [-0.1, -0.05) is 18.3 Å². The number of fused-ring (bicyclic) bond motifs is 1. The van der Waals surface area contributed by atoms with Gasteiger partial charge in [0.15, 0.2) is 0 Å². The summed E-state index contributed by atoms with van der Waals surface area (Å²) in [5, 5.41) is 4.18. The van der Waals surface area contributed by atoms with Crippen LogP contribution in [0.1, 0.15) is 31.3 Å². The van der Waals surface area contributed by atoms with Crippen LogP contribution in [0.3, 0.4) is 0 Å². The minimum Gasteiger partial charge on any atom is -0.306 e. The summed E-state index contributed by atoms with van der Waals surface area (Å²) in [5.74, 6) is 1.52. The van der Waals surface area contributed by atoms with Crippen LogP contribution in [0.2, 0.25) is 0 Å². The molecule has 0 saturated carbocycles. The molecule has 20 heavy (non-hydrogen) atoms. The molecule has 0 aliphatic heterocycles. The molecule has 0 fully saturated rings. The molecule has 2 aromatic heterocycles. The van der Waals surface area contributed by atoms with Gasteiger partial charge in [0.2, 0.25) is 4.96 Å². The Morgan fingerprint density at radius 3 is 2.65 bits per heavy atom. The molecular weight excluding hydrogens is 297 g/mol. The van der Waals surface area contributed by atoms with Gasteiger partial charge in [-0.2, -0.15) is 5.10 Å². The fraction of sp³-hybridized carbons (Fsp3) is 0.500. The van der Waals surface area contributed by atoms with Gasteiger partial charge in [-0.05, 0) is 26.3 Å². The summed E-state index contributed by atoms with van der Waals surface area (Å²) in [6.07, 6.45) is 4.13. The van der Waals surface area contributed by atoms with Crippen molar-refractivity contribution >= 4 is 30.0 Å². The van der Waals surface area contributed by atoms with E-state index in [4.69, 9.17) is 9.05 Å². The van der Waals surface area contributed by atoms with Crippen LogP contribution < -0.4 is 0 Å². The second kappa shape index (κ2) is 6.63. The maximum absolute atomic E-state index is 12.4. The number of aryl methyl sites for hydroxylation is 1. The second-order valence-electron chi connectivity index (χ2n) is 3.91. The summed E-state index contributed by atoms with van der Waals surface area (Å²) in [6, 6.07) is 0. The molecule has 2 aromatic rings. The van der Waals surface area contributed by atoms with E-state index in [9.17, 15) is 4.57 Å². The molecule has 0 atom stereocenters. The van der Waals surface area contributed by atoms with Crippen molar-refractivity contribution in [2.24, 2.45) is 0 Å². The van der Waals surface area contributed by atoms with E-state index in [1.807, 2.05) is 6.92 Å². The highest BCUT2D eigenvalue weighted by Crippen LogP contribution is 2.50. The summed E-state index contributed by atoms with van der Waals surface area (Å²) < 4.78 is 24.6. The number of hydrogen-bond donors (Lipinski definition) is 0. The van der Waals surface area contributed by atoms with E-state index in [1.165, 1.54) is 23.5 Å². The third kappa shape index (κ3) is 3.17. The van der Waals surface area contributed by atoms with Crippen molar-refractivity contribution in [2.75, 3.05) is 13.2 Å². The maximum Gasteiger partial charge on any atom is 0.354 e. The normalized spacial score (nSPS) is 12.8. The molecule has 0 N–H and O–H groups in total. The molecular formula is C12H18N3O3PS. The lowest BCUT2D eigenvalue weighted by atomic mass is 10.3. The predicted molar refractivity (Wildman–Crippen MR) is 80.1 cm³/mol. The van der Waals surface area contributed by atoms with Crippen LogP contribution in [0.15, 0.2) is 12.1 Å². The van der Waals surface area contributed by atoms with Crippen LogP contribution in [0.5, 0.6) is 0 Å². The zero-order chi connectivity index (χ0) is 14.6. The van der Waals surface area contributed by atoms with Gasteiger partial charge in [0.25, 0.3) is 0 Å². The van der Waals surface area contributed by atoms with Crippen LogP contribution in [0.25, 0.3) is 11.0 Å².